The highest BCUT2D eigenvalue weighted by Gasteiger charge is 2.16. The number of carboxylic acids is 1. The molecule has 0 bridgehead atoms. The normalized spacial score (nSPS) is 12.8. The van der Waals surface area contributed by atoms with Gasteiger partial charge in [-0.1, -0.05) is 54.1 Å². The highest BCUT2D eigenvalue weighted by molar-refractivity contribution is 6.30. The largest absolute Gasteiger partial charge is 0.481 e. The molecule has 2 amide bonds. The van der Waals surface area contributed by atoms with Crippen molar-refractivity contribution in [3.05, 3.63) is 70.7 Å². The summed E-state index contributed by atoms with van der Waals surface area (Å²) in [6.45, 7) is 0.0170. The number of aliphatic hydroxyl groups excluding tert-OH is 1. The van der Waals surface area contributed by atoms with Gasteiger partial charge in [-0.2, -0.15) is 0 Å². The maximum absolute atomic E-state index is 12.2. The molecule has 4 N–H and O–H groups in total. The van der Waals surface area contributed by atoms with Gasteiger partial charge in [0.1, 0.15) is 0 Å². The first-order valence-electron chi connectivity index (χ1n) is 8.67. The zero-order valence-electron chi connectivity index (χ0n) is 14.8. The van der Waals surface area contributed by atoms with Crippen molar-refractivity contribution in [3.8, 4) is 0 Å². The number of carbonyl (C=O) groups excluding carboxylic acids is 1. The molecule has 2 aromatic carbocycles. The average molecular weight is 391 g/mol. The molecule has 2 unspecified atom stereocenters. The van der Waals surface area contributed by atoms with Gasteiger partial charge in [0.2, 0.25) is 0 Å². The van der Waals surface area contributed by atoms with Crippen molar-refractivity contribution in [2.45, 2.75) is 31.4 Å². The van der Waals surface area contributed by atoms with E-state index in [0.29, 0.717) is 23.4 Å². The predicted molar refractivity (Wildman–Crippen MR) is 104 cm³/mol. The van der Waals surface area contributed by atoms with Crippen LogP contribution in [0.2, 0.25) is 5.02 Å². The minimum Gasteiger partial charge on any atom is -0.481 e. The van der Waals surface area contributed by atoms with Crippen molar-refractivity contribution in [1.29, 1.82) is 0 Å². The lowest BCUT2D eigenvalue weighted by Crippen LogP contribution is -2.44. The van der Waals surface area contributed by atoms with Crippen LogP contribution in [-0.2, 0) is 11.2 Å². The van der Waals surface area contributed by atoms with Gasteiger partial charge in [-0.05, 0) is 36.1 Å². The summed E-state index contributed by atoms with van der Waals surface area (Å²) in [6, 6.07) is 15.5. The molecule has 2 aromatic rings. The summed E-state index contributed by atoms with van der Waals surface area (Å²) < 4.78 is 0. The van der Waals surface area contributed by atoms with Gasteiger partial charge in [-0.25, -0.2) is 4.79 Å². The molecule has 144 valence electrons. The molecule has 0 saturated heterocycles. The highest BCUT2D eigenvalue weighted by atomic mass is 35.5. The third-order valence-electron chi connectivity index (χ3n) is 4.06. The molecule has 2 rings (SSSR count). The Morgan fingerprint density at radius 3 is 2.48 bits per heavy atom. The molecule has 0 saturated carbocycles. The van der Waals surface area contributed by atoms with Crippen molar-refractivity contribution in [1.82, 2.24) is 10.6 Å². The quantitative estimate of drug-likeness (QED) is 0.528. The monoisotopic (exact) mass is 390 g/mol. The summed E-state index contributed by atoms with van der Waals surface area (Å²) in [5.41, 5.74) is 1.61. The molecule has 0 aliphatic heterocycles. The Hall–Kier alpha value is -2.57. The zero-order chi connectivity index (χ0) is 19.6. The summed E-state index contributed by atoms with van der Waals surface area (Å²) >= 11 is 5.90. The van der Waals surface area contributed by atoms with Crippen LogP contribution in [0.5, 0.6) is 0 Å². The highest BCUT2D eigenvalue weighted by Crippen LogP contribution is 2.17. The minimum absolute atomic E-state index is 0.0170. The first-order chi connectivity index (χ1) is 12.9. The van der Waals surface area contributed by atoms with Gasteiger partial charge < -0.3 is 20.8 Å². The number of hydrogen-bond donors (Lipinski definition) is 4. The van der Waals surface area contributed by atoms with E-state index in [1.54, 1.807) is 24.3 Å². The first-order valence-corrected chi connectivity index (χ1v) is 9.05. The number of amides is 2. The van der Waals surface area contributed by atoms with Crippen molar-refractivity contribution >= 4 is 23.6 Å². The van der Waals surface area contributed by atoms with E-state index >= 15 is 0 Å². The smallest absolute Gasteiger partial charge is 0.315 e. The maximum atomic E-state index is 12.2. The third-order valence-corrected chi connectivity index (χ3v) is 4.29. The van der Waals surface area contributed by atoms with Gasteiger partial charge in [0, 0.05) is 24.0 Å². The van der Waals surface area contributed by atoms with Crippen LogP contribution >= 0.6 is 11.6 Å². The molecule has 7 heteroatoms. The van der Waals surface area contributed by atoms with Gasteiger partial charge in [-0.15, -0.1) is 0 Å². The van der Waals surface area contributed by atoms with Gasteiger partial charge in [0.15, 0.2) is 0 Å². The Morgan fingerprint density at radius 1 is 1.07 bits per heavy atom. The van der Waals surface area contributed by atoms with Crippen LogP contribution in [0.15, 0.2) is 54.6 Å². The second kappa shape index (κ2) is 10.5. The van der Waals surface area contributed by atoms with Crippen LogP contribution < -0.4 is 10.6 Å². The van der Waals surface area contributed by atoms with Gasteiger partial charge in [-0.3, -0.25) is 4.79 Å². The molecule has 0 heterocycles. The summed E-state index contributed by atoms with van der Waals surface area (Å²) in [6.07, 6.45) is -0.0865. The van der Waals surface area contributed by atoms with E-state index in [1.807, 2.05) is 30.3 Å². The van der Waals surface area contributed by atoms with E-state index in [4.69, 9.17) is 16.7 Å². The number of halogens is 1. The molecule has 0 aliphatic carbocycles. The molecule has 0 aromatic heterocycles. The summed E-state index contributed by atoms with van der Waals surface area (Å²) in [5.74, 6) is -0.911. The lowest BCUT2D eigenvalue weighted by atomic mass is 10.0. The van der Waals surface area contributed by atoms with Gasteiger partial charge in [0.05, 0.1) is 6.10 Å². The van der Waals surface area contributed by atoms with Crippen LogP contribution in [0.1, 0.15) is 30.1 Å². The molecular weight excluding hydrogens is 368 g/mol. The van der Waals surface area contributed by atoms with E-state index in [9.17, 15) is 14.7 Å². The molecule has 6 nitrogen and oxygen atoms in total. The third kappa shape index (κ3) is 7.68. The Labute approximate surface area is 163 Å². The summed E-state index contributed by atoms with van der Waals surface area (Å²) in [7, 11) is 0. The molecule has 27 heavy (non-hydrogen) atoms. The first kappa shape index (κ1) is 20.7. The van der Waals surface area contributed by atoms with Crippen LogP contribution in [0, 0.1) is 0 Å². The van der Waals surface area contributed by atoms with Gasteiger partial charge in [0.25, 0.3) is 0 Å². The molecule has 2 atom stereocenters. The van der Waals surface area contributed by atoms with E-state index in [0.717, 1.165) is 5.56 Å². The summed E-state index contributed by atoms with van der Waals surface area (Å²) in [5, 5.41) is 25.0. The van der Waals surface area contributed by atoms with Crippen molar-refractivity contribution in [3.63, 3.8) is 0 Å². The molecule has 0 spiro atoms. The number of urea groups is 1. The Kier molecular flexibility index (Phi) is 8.10. The fourth-order valence-corrected chi connectivity index (χ4v) is 2.88. The van der Waals surface area contributed by atoms with Crippen molar-refractivity contribution in [2.24, 2.45) is 0 Å². The lowest BCUT2D eigenvalue weighted by molar-refractivity contribution is -0.137. The maximum Gasteiger partial charge on any atom is 0.315 e. The van der Waals surface area contributed by atoms with Crippen LogP contribution in [0.3, 0.4) is 0 Å². The molecular formula is C20H23ClN2O4. The zero-order valence-corrected chi connectivity index (χ0v) is 15.5. The SMILES string of the molecule is O=C(O)CCC(Cc1ccccc1)NC(=O)NCC(O)c1cccc(Cl)c1. The minimum atomic E-state index is -0.911. The number of aliphatic carboxylic acids is 1. The van der Waals surface area contributed by atoms with E-state index in [-0.39, 0.29) is 19.0 Å². The number of nitrogens with one attached hydrogen (secondary N) is 2. The number of benzene rings is 2. The summed E-state index contributed by atoms with van der Waals surface area (Å²) in [4.78, 5) is 23.1. The fraction of sp³-hybridized carbons (Fsp3) is 0.300. The molecule has 0 fully saturated rings. The Morgan fingerprint density at radius 2 is 1.81 bits per heavy atom. The van der Waals surface area contributed by atoms with Gasteiger partial charge >= 0.3 is 12.0 Å². The average Bonchev–Trinajstić information content (AvgIpc) is 2.65. The number of carboxylic acid groups (broad SMARTS) is 1. The number of hydrogen-bond acceptors (Lipinski definition) is 3. The number of carbonyl (C=O) groups is 2. The van der Waals surface area contributed by atoms with E-state index in [2.05, 4.69) is 10.6 Å². The Balaban J connectivity index is 1.88. The predicted octanol–water partition coefficient (Wildman–Crippen LogP) is 3.15. The Bertz CT molecular complexity index is 755. The molecule has 0 aliphatic rings. The van der Waals surface area contributed by atoms with E-state index in [1.165, 1.54) is 0 Å². The number of aliphatic hydroxyl groups is 1. The topological polar surface area (TPSA) is 98.7 Å². The second-order valence-electron chi connectivity index (χ2n) is 6.24. The number of rotatable bonds is 9. The van der Waals surface area contributed by atoms with E-state index < -0.39 is 18.1 Å². The fourth-order valence-electron chi connectivity index (χ4n) is 2.68. The van der Waals surface area contributed by atoms with Crippen molar-refractivity contribution < 1.29 is 19.8 Å². The lowest BCUT2D eigenvalue weighted by Gasteiger charge is -2.20. The van der Waals surface area contributed by atoms with Crippen molar-refractivity contribution in [2.75, 3.05) is 6.54 Å². The standard InChI is InChI=1S/C20H23ClN2O4/c21-16-8-4-7-15(12-16)18(24)13-22-20(27)23-17(9-10-19(25)26)11-14-5-2-1-3-6-14/h1-8,12,17-18,24H,9-11,13H2,(H,25,26)(H2,22,23,27). The van der Waals surface area contributed by atoms with Crippen LogP contribution in [0.25, 0.3) is 0 Å². The van der Waals surface area contributed by atoms with Crippen LogP contribution in [-0.4, -0.2) is 34.8 Å². The second-order valence-corrected chi connectivity index (χ2v) is 6.68. The van der Waals surface area contributed by atoms with Crippen LogP contribution in [0.4, 0.5) is 4.79 Å². The molecule has 0 radical (unpaired) electrons.